The summed E-state index contributed by atoms with van der Waals surface area (Å²) in [5.41, 5.74) is 2.11. The molecular formula is C19H21FN2O5S2. The third kappa shape index (κ3) is 5.14. The highest BCUT2D eigenvalue weighted by atomic mass is 32.3. The van der Waals surface area contributed by atoms with Gasteiger partial charge in [-0.25, -0.2) is 21.2 Å². The van der Waals surface area contributed by atoms with E-state index < -0.39 is 25.9 Å². The average molecular weight is 441 g/mol. The van der Waals surface area contributed by atoms with Crippen molar-refractivity contribution >= 4 is 30.9 Å². The number of hydrogen-bond acceptors (Lipinski definition) is 5. The van der Waals surface area contributed by atoms with Gasteiger partial charge in [0.15, 0.2) is 11.6 Å². The van der Waals surface area contributed by atoms with Gasteiger partial charge in [-0.3, -0.25) is 0 Å². The fourth-order valence-corrected chi connectivity index (χ4v) is 5.84. The minimum Gasteiger partial charge on any atom is -0.486 e. The molecule has 1 aromatic heterocycles. The second-order valence-electron chi connectivity index (χ2n) is 6.69. The molecule has 0 atom stereocenters. The molecule has 0 saturated carbocycles. The van der Waals surface area contributed by atoms with Gasteiger partial charge < -0.3 is 9.72 Å². The van der Waals surface area contributed by atoms with Crippen LogP contribution in [-0.2, 0) is 33.1 Å². The molecule has 0 unspecified atom stereocenters. The molecule has 2 aromatic carbocycles. The van der Waals surface area contributed by atoms with Crippen LogP contribution in [0.15, 0.2) is 48.7 Å². The smallest absolute Gasteiger partial charge is 0.224 e. The Kier molecular flexibility index (Phi) is 5.97. The van der Waals surface area contributed by atoms with Crippen LogP contribution in [0.3, 0.4) is 0 Å². The lowest BCUT2D eigenvalue weighted by molar-refractivity contribution is 0.291. The van der Waals surface area contributed by atoms with E-state index in [0.717, 1.165) is 18.1 Å². The Bertz CT molecular complexity index is 1190. The SMILES string of the molecule is CS(=O)(=O)N(CCc1c[nH]c2cc(OCc3ccccc3)c(F)cc12)S(C)(=O)=O. The summed E-state index contributed by atoms with van der Waals surface area (Å²) in [4.78, 5) is 2.99. The molecule has 0 spiro atoms. The first kappa shape index (κ1) is 21.3. The summed E-state index contributed by atoms with van der Waals surface area (Å²) >= 11 is 0. The van der Waals surface area contributed by atoms with Gasteiger partial charge in [-0.1, -0.05) is 34.0 Å². The zero-order valence-electron chi connectivity index (χ0n) is 15.9. The highest BCUT2D eigenvalue weighted by Gasteiger charge is 2.26. The van der Waals surface area contributed by atoms with Gasteiger partial charge in [0.05, 0.1) is 12.5 Å². The minimum absolute atomic E-state index is 0.0867. The Morgan fingerprint density at radius 2 is 1.69 bits per heavy atom. The van der Waals surface area contributed by atoms with Crippen molar-refractivity contribution in [3.8, 4) is 5.75 Å². The Balaban J connectivity index is 1.80. The van der Waals surface area contributed by atoms with E-state index in [1.165, 1.54) is 12.1 Å². The average Bonchev–Trinajstić information content (AvgIpc) is 3.00. The lowest BCUT2D eigenvalue weighted by Crippen LogP contribution is -2.36. The third-order valence-corrected chi connectivity index (χ3v) is 7.83. The van der Waals surface area contributed by atoms with Gasteiger partial charge in [0, 0.05) is 29.7 Å². The molecule has 156 valence electrons. The van der Waals surface area contributed by atoms with Crippen LogP contribution < -0.4 is 4.74 Å². The van der Waals surface area contributed by atoms with E-state index >= 15 is 0 Å². The summed E-state index contributed by atoms with van der Waals surface area (Å²) in [6, 6.07) is 12.2. The normalized spacial score (nSPS) is 12.6. The summed E-state index contributed by atoms with van der Waals surface area (Å²) in [7, 11) is -7.87. The van der Waals surface area contributed by atoms with Crippen molar-refractivity contribution in [1.82, 2.24) is 8.69 Å². The number of halogens is 1. The fraction of sp³-hybridized carbons (Fsp3) is 0.263. The fourth-order valence-electron chi connectivity index (χ4n) is 3.02. The molecule has 29 heavy (non-hydrogen) atoms. The number of H-pyrrole nitrogens is 1. The highest BCUT2D eigenvalue weighted by molar-refractivity contribution is 8.03. The third-order valence-electron chi connectivity index (χ3n) is 4.36. The number of sulfonamides is 2. The van der Waals surface area contributed by atoms with E-state index in [1.54, 1.807) is 6.20 Å². The summed E-state index contributed by atoms with van der Waals surface area (Å²) < 4.78 is 67.5. The van der Waals surface area contributed by atoms with Crippen molar-refractivity contribution in [2.24, 2.45) is 0 Å². The van der Waals surface area contributed by atoms with Crippen LogP contribution in [0.25, 0.3) is 10.9 Å². The van der Waals surface area contributed by atoms with Crippen LogP contribution in [0.5, 0.6) is 5.75 Å². The molecule has 0 aliphatic heterocycles. The number of benzene rings is 2. The van der Waals surface area contributed by atoms with Crippen LogP contribution in [0.2, 0.25) is 0 Å². The van der Waals surface area contributed by atoms with Crippen LogP contribution in [-0.4, -0.2) is 44.6 Å². The standard InChI is InChI=1S/C19H21FN2O5S2/c1-28(23,24)22(29(2,25)26)9-8-15-12-21-18-11-19(17(20)10-16(15)18)27-13-14-6-4-3-5-7-14/h3-7,10-12,21H,8-9,13H2,1-2H3. The summed E-state index contributed by atoms with van der Waals surface area (Å²) in [5.74, 6) is -0.471. The maximum Gasteiger partial charge on any atom is 0.224 e. The molecule has 7 nitrogen and oxygen atoms in total. The number of aromatic nitrogens is 1. The quantitative estimate of drug-likeness (QED) is 0.581. The topological polar surface area (TPSA) is 96.5 Å². The zero-order valence-corrected chi connectivity index (χ0v) is 17.6. The zero-order chi connectivity index (χ0) is 21.2. The van der Waals surface area contributed by atoms with Crippen LogP contribution in [0.4, 0.5) is 4.39 Å². The maximum absolute atomic E-state index is 14.5. The van der Waals surface area contributed by atoms with Crippen molar-refractivity contribution in [2.75, 3.05) is 19.1 Å². The molecule has 1 heterocycles. The van der Waals surface area contributed by atoms with Crippen LogP contribution in [0.1, 0.15) is 11.1 Å². The number of fused-ring (bicyclic) bond motifs is 1. The highest BCUT2D eigenvalue weighted by Crippen LogP contribution is 2.28. The largest absolute Gasteiger partial charge is 0.486 e. The van der Waals surface area contributed by atoms with Crippen LogP contribution >= 0.6 is 0 Å². The Morgan fingerprint density at radius 3 is 2.31 bits per heavy atom. The molecule has 0 fully saturated rings. The Morgan fingerprint density at radius 1 is 1.03 bits per heavy atom. The maximum atomic E-state index is 14.5. The Labute approximate surface area is 169 Å². The number of hydrogen-bond donors (Lipinski definition) is 1. The summed E-state index contributed by atoms with van der Waals surface area (Å²) in [6.45, 7) is -0.0486. The molecule has 0 amide bonds. The van der Waals surface area contributed by atoms with E-state index in [9.17, 15) is 21.2 Å². The first-order chi connectivity index (χ1) is 13.6. The summed E-state index contributed by atoms with van der Waals surface area (Å²) in [6.07, 6.45) is 3.37. The molecule has 0 radical (unpaired) electrons. The van der Waals surface area contributed by atoms with E-state index in [0.29, 0.717) is 20.2 Å². The molecule has 0 bridgehead atoms. The molecule has 1 N–H and O–H groups in total. The Hall–Kier alpha value is -2.43. The molecule has 3 aromatic rings. The van der Waals surface area contributed by atoms with Gasteiger partial charge in [-0.15, -0.1) is 0 Å². The van der Waals surface area contributed by atoms with Crippen molar-refractivity contribution < 1.29 is 26.0 Å². The van der Waals surface area contributed by atoms with E-state index in [1.807, 2.05) is 30.3 Å². The molecular weight excluding hydrogens is 419 g/mol. The number of nitrogens with one attached hydrogen (secondary N) is 1. The molecule has 3 rings (SSSR count). The van der Waals surface area contributed by atoms with Crippen molar-refractivity contribution in [3.05, 3.63) is 65.6 Å². The van der Waals surface area contributed by atoms with Gasteiger partial charge in [-0.2, -0.15) is 0 Å². The van der Waals surface area contributed by atoms with Gasteiger partial charge in [-0.05, 0) is 23.6 Å². The summed E-state index contributed by atoms with van der Waals surface area (Å²) in [5, 5.41) is 0.538. The van der Waals surface area contributed by atoms with Gasteiger partial charge >= 0.3 is 0 Å². The second kappa shape index (κ2) is 8.13. The second-order valence-corrected chi connectivity index (χ2v) is 10.7. The van der Waals surface area contributed by atoms with Gasteiger partial charge in [0.25, 0.3) is 0 Å². The minimum atomic E-state index is -3.94. The van der Waals surface area contributed by atoms with E-state index in [2.05, 4.69) is 4.98 Å². The lowest BCUT2D eigenvalue weighted by atomic mass is 10.1. The predicted molar refractivity (Wildman–Crippen MR) is 109 cm³/mol. The number of nitrogens with zero attached hydrogens (tertiary/aromatic N) is 1. The van der Waals surface area contributed by atoms with Crippen molar-refractivity contribution in [1.29, 1.82) is 0 Å². The van der Waals surface area contributed by atoms with E-state index in [4.69, 9.17) is 4.74 Å². The van der Waals surface area contributed by atoms with E-state index in [-0.39, 0.29) is 25.3 Å². The number of rotatable bonds is 8. The molecule has 0 saturated heterocycles. The molecule has 0 aliphatic rings. The van der Waals surface area contributed by atoms with Crippen LogP contribution in [0, 0.1) is 5.82 Å². The van der Waals surface area contributed by atoms with Crippen molar-refractivity contribution in [3.63, 3.8) is 0 Å². The molecule has 10 heteroatoms. The lowest BCUT2D eigenvalue weighted by Gasteiger charge is -2.17. The number of ether oxygens (including phenoxy) is 1. The van der Waals surface area contributed by atoms with Crippen molar-refractivity contribution in [2.45, 2.75) is 13.0 Å². The monoisotopic (exact) mass is 440 g/mol. The predicted octanol–water partition coefficient (Wildman–Crippen LogP) is 2.65. The van der Waals surface area contributed by atoms with Gasteiger partial charge in [0.2, 0.25) is 20.0 Å². The first-order valence-electron chi connectivity index (χ1n) is 8.70. The number of aromatic amines is 1. The van der Waals surface area contributed by atoms with Gasteiger partial charge in [0.1, 0.15) is 6.61 Å². The molecule has 0 aliphatic carbocycles. The first-order valence-corrected chi connectivity index (χ1v) is 12.4.